The minimum absolute atomic E-state index is 0.677. The summed E-state index contributed by atoms with van der Waals surface area (Å²) in [5.41, 5.74) is 4.13. The van der Waals surface area contributed by atoms with Crippen LogP contribution in [0.25, 0.3) is 16.7 Å². The van der Waals surface area contributed by atoms with Crippen molar-refractivity contribution in [3.63, 3.8) is 0 Å². The second-order valence-electron chi connectivity index (χ2n) is 4.22. The highest BCUT2D eigenvalue weighted by Gasteiger charge is 2.06. The van der Waals surface area contributed by atoms with Gasteiger partial charge in [-0.1, -0.05) is 29.8 Å². The molecule has 2 aromatic carbocycles. The molecule has 0 radical (unpaired) electrons. The predicted octanol–water partition coefficient (Wildman–Crippen LogP) is 4.65. The lowest BCUT2D eigenvalue weighted by molar-refractivity contribution is 1.06. The van der Waals surface area contributed by atoms with Crippen LogP contribution in [-0.4, -0.2) is 9.55 Å². The van der Waals surface area contributed by atoms with Crippen LogP contribution in [0.2, 0.25) is 5.02 Å². The van der Waals surface area contributed by atoms with E-state index < -0.39 is 0 Å². The van der Waals surface area contributed by atoms with Crippen LogP contribution in [0.3, 0.4) is 0 Å². The average Bonchev–Trinajstić information content (AvgIpc) is 2.69. The summed E-state index contributed by atoms with van der Waals surface area (Å²) in [6.45, 7) is 1.99. The smallest absolute Gasteiger partial charge is 0.182 e. The number of aryl methyl sites for hydroxylation is 1. The van der Waals surface area contributed by atoms with Crippen molar-refractivity contribution in [2.45, 2.75) is 6.92 Å². The molecule has 0 saturated carbocycles. The molecule has 1 aromatic heterocycles. The Balaban J connectivity index is 2.34. The van der Waals surface area contributed by atoms with Crippen molar-refractivity contribution in [2.24, 2.45) is 0 Å². The fourth-order valence-electron chi connectivity index (χ4n) is 2.03. The second-order valence-corrected chi connectivity index (χ2v) is 5.01. The van der Waals surface area contributed by atoms with Crippen LogP contribution >= 0.6 is 23.8 Å². The molecule has 1 N–H and O–H groups in total. The first-order valence-electron chi connectivity index (χ1n) is 5.63. The molecule has 0 aliphatic heterocycles. The number of aromatic amines is 1. The van der Waals surface area contributed by atoms with Gasteiger partial charge in [0.15, 0.2) is 4.77 Å². The van der Waals surface area contributed by atoms with Crippen molar-refractivity contribution >= 4 is 34.9 Å². The second kappa shape index (κ2) is 4.26. The molecular formula is C14H11ClN2S. The fourth-order valence-corrected chi connectivity index (χ4v) is 2.52. The molecule has 3 rings (SSSR count). The highest BCUT2D eigenvalue weighted by Crippen LogP contribution is 2.23. The van der Waals surface area contributed by atoms with Gasteiger partial charge in [-0.3, -0.25) is 4.57 Å². The first-order valence-corrected chi connectivity index (χ1v) is 6.42. The molecule has 1 heterocycles. The highest BCUT2D eigenvalue weighted by atomic mass is 35.5. The molecule has 0 fully saturated rings. The zero-order valence-electron chi connectivity index (χ0n) is 9.77. The van der Waals surface area contributed by atoms with Gasteiger partial charge in [0, 0.05) is 10.7 Å². The Hall–Kier alpha value is -1.58. The molecule has 0 atom stereocenters. The Kier molecular flexibility index (Phi) is 2.73. The topological polar surface area (TPSA) is 20.7 Å². The highest BCUT2D eigenvalue weighted by molar-refractivity contribution is 7.71. The lowest BCUT2D eigenvalue weighted by Gasteiger charge is -2.06. The summed E-state index contributed by atoms with van der Waals surface area (Å²) in [6, 6.07) is 14.0. The molecule has 0 bridgehead atoms. The van der Waals surface area contributed by atoms with Gasteiger partial charge in [0.05, 0.1) is 11.0 Å². The first-order chi connectivity index (χ1) is 8.66. The Morgan fingerprint density at radius 3 is 2.72 bits per heavy atom. The molecular weight excluding hydrogens is 264 g/mol. The number of nitrogens with zero attached hydrogens (tertiary/aromatic N) is 1. The van der Waals surface area contributed by atoms with Gasteiger partial charge in [0.2, 0.25) is 0 Å². The van der Waals surface area contributed by atoms with Crippen LogP contribution in [0.5, 0.6) is 0 Å². The van der Waals surface area contributed by atoms with Gasteiger partial charge >= 0.3 is 0 Å². The zero-order valence-corrected chi connectivity index (χ0v) is 11.3. The number of rotatable bonds is 1. The number of nitrogens with one attached hydrogen (secondary N) is 1. The van der Waals surface area contributed by atoms with Gasteiger partial charge in [-0.05, 0) is 49.0 Å². The van der Waals surface area contributed by atoms with Crippen LogP contribution in [0.4, 0.5) is 0 Å². The Morgan fingerprint density at radius 2 is 1.94 bits per heavy atom. The van der Waals surface area contributed by atoms with Crippen molar-refractivity contribution in [1.29, 1.82) is 0 Å². The van der Waals surface area contributed by atoms with Gasteiger partial charge in [0.1, 0.15) is 0 Å². The van der Waals surface area contributed by atoms with Crippen molar-refractivity contribution < 1.29 is 0 Å². The molecule has 0 amide bonds. The third-order valence-electron chi connectivity index (χ3n) is 3.00. The molecule has 0 saturated heterocycles. The molecule has 0 aliphatic carbocycles. The van der Waals surface area contributed by atoms with E-state index in [-0.39, 0.29) is 0 Å². The lowest BCUT2D eigenvalue weighted by atomic mass is 10.2. The zero-order chi connectivity index (χ0) is 12.7. The van der Waals surface area contributed by atoms with Gasteiger partial charge < -0.3 is 4.98 Å². The first kappa shape index (κ1) is 11.5. The summed E-state index contributed by atoms with van der Waals surface area (Å²) in [6.07, 6.45) is 0. The van der Waals surface area contributed by atoms with Gasteiger partial charge in [-0.15, -0.1) is 0 Å². The predicted molar refractivity (Wildman–Crippen MR) is 78.2 cm³/mol. The number of hydrogen-bond donors (Lipinski definition) is 1. The molecule has 0 unspecified atom stereocenters. The fraction of sp³-hybridized carbons (Fsp3) is 0.0714. The van der Waals surface area contributed by atoms with E-state index in [2.05, 4.69) is 4.98 Å². The molecule has 18 heavy (non-hydrogen) atoms. The summed E-state index contributed by atoms with van der Waals surface area (Å²) in [5.74, 6) is 0. The third-order valence-corrected chi connectivity index (χ3v) is 3.70. The minimum Gasteiger partial charge on any atom is -0.330 e. The molecule has 3 aromatic rings. The van der Waals surface area contributed by atoms with E-state index >= 15 is 0 Å². The van der Waals surface area contributed by atoms with E-state index in [0.717, 1.165) is 27.3 Å². The SMILES string of the molecule is Cc1ccc(-n2c(=S)[nH]c3ccccc32)cc1Cl. The summed E-state index contributed by atoms with van der Waals surface area (Å²) in [7, 11) is 0. The maximum atomic E-state index is 6.18. The molecule has 90 valence electrons. The van der Waals surface area contributed by atoms with Crippen molar-refractivity contribution in [2.75, 3.05) is 0 Å². The van der Waals surface area contributed by atoms with Crippen LogP contribution in [0.1, 0.15) is 5.56 Å². The van der Waals surface area contributed by atoms with E-state index in [9.17, 15) is 0 Å². The van der Waals surface area contributed by atoms with E-state index in [0.29, 0.717) is 4.77 Å². The van der Waals surface area contributed by atoms with E-state index in [1.165, 1.54) is 0 Å². The molecule has 4 heteroatoms. The van der Waals surface area contributed by atoms with E-state index in [1.54, 1.807) is 0 Å². The minimum atomic E-state index is 0.677. The van der Waals surface area contributed by atoms with Crippen LogP contribution in [0.15, 0.2) is 42.5 Å². The summed E-state index contributed by atoms with van der Waals surface area (Å²) < 4.78 is 2.67. The molecule has 2 nitrogen and oxygen atoms in total. The van der Waals surface area contributed by atoms with Crippen molar-refractivity contribution in [1.82, 2.24) is 9.55 Å². The average molecular weight is 275 g/mol. The number of H-pyrrole nitrogens is 1. The number of fused-ring (bicyclic) bond motifs is 1. The summed E-state index contributed by atoms with van der Waals surface area (Å²) in [4.78, 5) is 3.19. The van der Waals surface area contributed by atoms with E-state index in [4.69, 9.17) is 23.8 Å². The number of halogens is 1. The van der Waals surface area contributed by atoms with Crippen LogP contribution in [0, 0.1) is 11.7 Å². The Labute approximate surface area is 115 Å². The Morgan fingerprint density at radius 1 is 1.17 bits per heavy atom. The van der Waals surface area contributed by atoms with E-state index in [1.807, 2.05) is 54.0 Å². The Bertz CT molecular complexity index is 786. The van der Waals surface area contributed by atoms with Gasteiger partial charge in [-0.25, -0.2) is 0 Å². The normalized spacial score (nSPS) is 11.0. The van der Waals surface area contributed by atoms with Crippen molar-refractivity contribution in [3.8, 4) is 5.69 Å². The quantitative estimate of drug-likeness (QED) is 0.641. The number of hydrogen-bond acceptors (Lipinski definition) is 1. The number of imidazole rings is 1. The van der Waals surface area contributed by atoms with Gasteiger partial charge in [0.25, 0.3) is 0 Å². The number of benzene rings is 2. The van der Waals surface area contributed by atoms with Crippen molar-refractivity contribution in [3.05, 3.63) is 57.8 Å². The monoisotopic (exact) mass is 274 g/mol. The standard InChI is InChI=1S/C14H11ClN2S/c1-9-6-7-10(8-11(9)15)17-13-5-3-2-4-12(13)16-14(17)18/h2-8H,1H3,(H,16,18). The summed E-state index contributed by atoms with van der Waals surface area (Å²) in [5, 5.41) is 0.750. The molecule has 0 aliphatic rings. The third kappa shape index (κ3) is 1.76. The number of aromatic nitrogens is 2. The lowest BCUT2D eigenvalue weighted by Crippen LogP contribution is -1.94. The summed E-state index contributed by atoms with van der Waals surface area (Å²) >= 11 is 11.6. The number of para-hydroxylation sites is 2. The maximum Gasteiger partial charge on any atom is 0.182 e. The van der Waals surface area contributed by atoms with Gasteiger partial charge in [-0.2, -0.15) is 0 Å². The van der Waals surface area contributed by atoms with Crippen LogP contribution in [-0.2, 0) is 0 Å². The molecule has 0 spiro atoms. The van der Waals surface area contributed by atoms with Crippen LogP contribution < -0.4 is 0 Å². The largest absolute Gasteiger partial charge is 0.330 e. The maximum absolute atomic E-state index is 6.18.